The first kappa shape index (κ1) is 18.7. The normalized spacial score (nSPS) is 14.9. The van der Waals surface area contributed by atoms with Crippen molar-refractivity contribution in [1.29, 1.82) is 0 Å². The molecule has 0 saturated carbocycles. The smallest absolute Gasteiger partial charge is 0.180 e. The van der Waals surface area contributed by atoms with Gasteiger partial charge in [-0.05, 0) is 37.1 Å². The van der Waals surface area contributed by atoms with Gasteiger partial charge in [-0.15, -0.1) is 45.3 Å². The summed E-state index contributed by atoms with van der Waals surface area (Å²) in [6.07, 6.45) is 0. The molecule has 0 unspecified atom stereocenters. The van der Waals surface area contributed by atoms with Gasteiger partial charge in [0, 0.05) is 20.5 Å². The lowest BCUT2D eigenvalue weighted by Gasteiger charge is -2.15. The van der Waals surface area contributed by atoms with Gasteiger partial charge < -0.3 is 18.9 Å². The molecule has 4 aromatic heterocycles. The maximum absolute atomic E-state index is 5.91. The van der Waals surface area contributed by atoms with E-state index in [2.05, 4.69) is 36.7 Å². The third-order valence-electron chi connectivity index (χ3n) is 5.09. The lowest BCUT2D eigenvalue weighted by molar-refractivity contribution is 0.174. The summed E-state index contributed by atoms with van der Waals surface area (Å²) in [6.45, 7) is 6.81. The molecule has 4 aromatic rings. The van der Waals surface area contributed by atoms with Crippen LogP contribution in [0.1, 0.15) is 11.1 Å². The topological polar surface area (TPSA) is 36.9 Å². The molecule has 6 rings (SSSR count). The van der Waals surface area contributed by atoms with Gasteiger partial charge in [-0.25, -0.2) is 0 Å². The molecular weight excluding hydrogens is 457 g/mol. The molecule has 0 aromatic carbocycles. The Balaban J connectivity index is 1.39. The molecule has 0 radical (unpaired) electrons. The Morgan fingerprint density at radius 1 is 0.600 bits per heavy atom. The van der Waals surface area contributed by atoms with E-state index >= 15 is 0 Å². The van der Waals surface area contributed by atoms with Crippen LogP contribution in [-0.2, 0) is 0 Å². The number of aryl methyl sites for hydroxylation is 2. The highest BCUT2D eigenvalue weighted by molar-refractivity contribution is 7.28. The monoisotopic (exact) mass is 474 g/mol. The van der Waals surface area contributed by atoms with Gasteiger partial charge in [0.15, 0.2) is 23.0 Å². The van der Waals surface area contributed by atoms with E-state index in [9.17, 15) is 0 Å². The summed E-state index contributed by atoms with van der Waals surface area (Å²) in [6, 6.07) is 4.57. The highest BCUT2D eigenvalue weighted by atomic mass is 32.1. The average molecular weight is 475 g/mol. The number of rotatable bonds is 3. The number of ether oxygens (including phenoxy) is 4. The minimum absolute atomic E-state index is 0.610. The molecule has 2 aliphatic rings. The van der Waals surface area contributed by atoms with Gasteiger partial charge in [-0.2, -0.15) is 0 Å². The molecule has 0 atom stereocenters. The van der Waals surface area contributed by atoms with Crippen molar-refractivity contribution in [2.24, 2.45) is 0 Å². The largest absolute Gasteiger partial charge is 0.485 e. The first-order valence-corrected chi connectivity index (χ1v) is 13.0. The van der Waals surface area contributed by atoms with Crippen LogP contribution in [0, 0.1) is 13.8 Å². The van der Waals surface area contributed by atoms with E-state index in [1.54, 1.807) is 22.7 Å². The predicted octanol–water partition coefficient (Wildman–Crippen LogP) is 7.09. The minimum atomic E-state index is 0.610. The quantitative estimate of drug-likeness (QED) is 0.318. The van der Waals surface area contributed by atoms with Gasteiger partial charge in [0.05, 0.1) is 19.5 Å². The van der Waals surface area contributed by atoms with Crippen molar-refractivity contribution < 1.29 is 18.9 Å². The van der Waals surface area contributed by atoms with Gasteiger partial charge in [0.2, 0.25) is 0 Å². The van der Waals surface area contributed by atoms with Gasteiger partial charge >= 0.3 is 0 Å². The van der Waals surface area contributed by atoms with Crippen LogP contribution >= 0.6 is 45.3 Å². The van der Waals surface area contributed by atoms with Crippen LogP contribution in [-0.4, -0.2) is 26.4 Å². The van der Waals surface area contributed by atoms with Gasteiger partial charge in [0.1, 0.15) is 26.4 Å². The van der Waals surface area contributed by atoms with Crippen LogP contribution in [0.5, 0.6) is 23.0 Å². The molecular formula is C22H18O4S4. The molecule has 0 N–H and O–H groups in total. The minimum Gasteiger partial charge on any atom is -0.485 e. The Labute approximate surface area is 190 Å². The predicted molar refractivity (Wildman–Crippen MR) is 126 cm³/mol. The second-order valence-corrected chi connectivity index (χ2v) is 11.0. The van der Waals surface area contributed by atoms with Crippen LogP contribution in [0.4, 0.5) is 0 Å². The van der Waals surface area contributed by atoms with E-state index in [1.165, 1.54) is 40.4 Å². The van der Waals surface area contributed by atoms with E-state index in [0.29, 0.717) is 26.4 Å². The fourth-order valence-electron chi connectivity index (χ4n) is 3.70. The number of hydrogen-bond acceptors (Lipinski definition) is 8. The standard InChI is InChI=1S/C22H18O4S4/c1-11-7-15(29-19(11)21-17-13(9-27-21)23-3-5-25-17)16-8-12(2)20(30-16)22-18-14(10-28-22)24-4-6-26-18/h7-10H,3-6H2,1-2H3. The van der Waals surface area contributed by atoms with E-state index < -0.39 is 0 Å². The summed E-state index contributed by atoms with van der Waals surface area (Å²) in [4.78, 5) is 7.43. The highest BCUT2D eigenvalue weighted by Crippen LogP contribution is 2.53. The molecule has 0 amide bonds. The molecule has 0 bridgehead atoms. The molecule has 154 valence electrons. The van der Waals surface area contributed by atoms with E-state index in [0.717, 1.165) is 23.0 Å². The average Bonchev–Trinajstić information content (AvgIpc) is 3.52. The van der Waals surface area contributed by atoms with Crippen molar-refractivity contribution in [1.82, 2.24) is 0 Å². The van der Waals surface area contributed by atoms with Crippen LogP contribution in [0.15, 0.2) is 22.9 Å². The van der Waals surface area contributed by atoms with Gasteiger partial charge in [-0.1, -0.05) is 0 Å². The van der Waals surface area contributed by atoms with Crippen molar-refractivity contribution in [3.8, 4) is 52.3 Å². The summed E-state index contributed by atoms with van der Waals surface area (Å²) in [5, 5.41) is 4.11. The van der Waals surface area contributed by atoms with Crippen molar-refractivity contribution in [2.75, 3.05) is 26.4 Å². The van der Waals surface area contributed by atoms with Crippen molar-refractivity contribution in [2.45, 2.75) is 13.8 Å². The van der Waals surface area contributed by atoms with E-state index in [4.69, 9.17) is 18.9 Å². The first-order valence-electron chi connectivity index (χ1n) is 9.65. The fourth-order valence-corrected chi connectivity index (χ4v) is 8.40. The maximum atomic E-state index is 5.91. The van der Waals surface area contributed by atoms with Crippen molar-refractivity contribution in [3.05, 3.63) is 34.0 Å². The molecule has 6 heterocycles. The number of thiophene rings is 4. The Morgan fingerprint density at radius 2 is 1.03 bits per heavy atom. The third-order valence-corrected chi connectivity index (χ3v) is 9.97. The Bertz CT molecular complexity index is 1150. The summed E-state index contributed by atoms with van der Waals surface area (Å²) in [5.74, 6) is 3.53. The van der Waals surface area contributed by atoms with Gasteiger partial charge in [-0.3, -0.25) is 0 Å². The first-order chi connectivity index (χ1) is 14.7. The third kappa shape index (κ3) is 2.97. The SMILES string of the molecule is Cc1cc(-c2cc(C)c(-c3scc4c3OCCO4)s2)sc1-c1scc2c1OCCO2. The zero-order valence-electron chi connectivity index (χ0n) is 16.4. The zero-order chi connectivity index (χ0) is 20.2. The van der Waals surface area contributed by atoms with Crippen LogP contribution in [0.3, 0.4) is 0 Å². The number of hydrogen-bond donors (Lipinski definition) is 0. The van der Waals surface area contributed by atoms with Crippen LogP contribution in [0.2, 0.25) is 0 Å². The molecule has 2 aliphatic heterocycles. The van der Waals surface area contributed by atoms with Gasteiger partial charge in [0.25, 0.3) is 0 Å². The Kier molecular flexibility index (Phi) is 4.56. The summed E-state index contributed by atoms with van der Waals surface area (Å²) in [5.41, 5.74) is 2.54. The Morgan fingerprint density at radius 3 is 1.50 bits per heavy atom. The highest BCUT2D eigenvalue weighted by Gasteiger charge is 2.25. The lowest BCUT2D eigenvalue weighted by Crippen LogP contribution is -2.14. The molecule has 0 spiro atoms. The Hall–Kier alpha value is -2.00. The molecule has 0 saturated heterocycles. The molecule has 8 heteroatoms. The van der Waals surface area contributed by atoms with Crippen LogP contribution < -0.4 is 18.9 Å². The van der Waals surface area contributed by atoms with E-state index in [1.807, 2.05) is 22.7 Å². The summed E-state index contributed by atoms with van der Waals surface area (Å²) in [7, 11) is 0. The molecule has 4 nitrogen and oxygen atoms in total. The van der Waals surface area contributed by atoms with Crippen molar-refractivity contribution in [3.63, 3.8) is 0 Å². The van der Waals surface area contributed by atoms with Crippen molar-refractivity contribution >= 4 is 45.3 Å². The maximum Gasteiger partial charge on any atom is 0.180 e. The summed E-state index contributed by atoms with van der Waals surface area (Å²) >= 11 is 7.04. The van der Waals surface area contributed by atoms with E-state index in [-0.39, 0.29) is 0 Å². The molecule has 30 heavy (non-hydrogen) atoms. The molecule has 0 aliphatic carbocycles. The zero-order valence-corrected chi connectivity index (χ0v) is 19.7. The van der Waals surface area contributed by atoms with Crippen LogP contribution in [0.25, 0.3) is 29.3 Å². The fraction of sp³-hybridized carbons (Fsp3) is 0.273. The second-order valence-electron chi connectivity index (χ2n) is 7.16. The number of fused-ring (bicyclic) bond motifs is 2. The lowest BCUT2D eigenvalue weighted by atomic mass is 10.2. The second kappa shape index (κ2) is 7.30. The molecule has 0 fully saturated rings. The summed E-state index contributed by atoms with van der Waals surface area (Å²) < 4.78 is 23.3.